The molecule has 6 nitrogen and oxygen atoms in total. The van der Waals surface area contributed by atoms with Gasteiger partial charge in [-0.1, -0.05) is 13.0 Å². The van der Waals surface area contributed by atoms with Crippen molar-refractivity contribution in [2.75, 3.05) is 19.0 Å². The van der Waals surface area contributed by atoms with Crippen LogP contribution in [0.1, 0.15) is 13.8 Å². The van der Waals surface area contributed by atoms with E-state index in [1.54, 1.807) is 6.92 Å². The van der Waals surface area contributed by atoms with Crippen LogP contribution in [-0.4, -0.2) is 30.2 Å². The van der Waals surface area contributed by atoms with Crippen LogP contribution >= 0.6 is 0 Å². The molecule has 0 aliphatic rings. The van der Waals surface area contributed by atoms with Gasteiger partial charge < -0.3 is 19.9 Å². The molecular formula is C16H21N3O3. The van der Waals surface area contributed by atoms with Gasteiger partial charge in [0.25, 0.3) is 0 Å². The van der Waals surface area contributed by atoms with E-state index in [2.05, 4.69) is 26.9 Å². The van der Waals surface area contributed by atoms with Crippen molar-refractivity contribution in [3.63, 3.8) is 0 Å². The van der Waals surface area contributed by atoms with Crippen LogP contribution in [0.25, 0.3) is 10.9 Å². The number of carbonyl (C=O) groups excluding carboxylic acids is 2. The highest BCUT2D eigenvalue weighted by Gasteiger charge is 2.14. The van der Waals surface area contributed by atoms with Crippen molar-refractivity contribution >= 4 is 28.6 Å². The fourth-order valence-corrected chi connectivity index (χ4v) is 2.24. The number of esters is 1. The number of urea groups is 1. The van der Waals surface area contributed by atoms with E-state index in [1.807, 2.05) is 30.5 Å². The number of aromatic nitrogens is 1. The van der Waals surface area contributed by atoms with E-state index in [4.69, 9.17) is 0 Å². The highest BCUT2D eigenvalue weighted by atomic mass is 16.5. The fraction of sp³-hybridized carbons (Fsp3) is 0.375. The van der Waals surface area contributed by atoms with Gasteiger partial charge in [-0.3, -0.25) is 4.79 Å². The normalized spacial score (nSPS) is 12.0. The first-order valence-corrected chi connectivity index (χ1v) is 7.26. The molecule has 1 heterocycles. The molecule has 0 unspecified atom stereocenters. The fourth-order valence-electron chi connectivity index (χ4n) is 2.24. The lowest BCUT2D eigenvalue weighted by Crippen LogP contribution is -2.35. The number of rotatable bonds is 5. The summed E-state index contributed by atoms with van der Waals surface area (Å²) in [6.45, 7) is 4.87. The Morgan fingerprint density at radius 3 is 2.77 bits per heavy atom. The lowest BCUT2D eigenvalue weighted by Gasteiger charge is -2.12. The molecule has 2 N–H and O–H groups in total. The molecule has 0 spiro atoms. The molecule has 118 valence electrons. The first-order chi connectivity index (χ1) is 10.5. The van der Waals surface area contributed by atoms with E-state index >= 15 is 0 Å². The number of ether oxygens (including phenoxy) is 1. The maximum Gasteiger partial charge on any atom is 0.319 e. The van der Waals surface area contributed by atoms with Gasteiger partial charge in [0.2, 0.25) is 0 Å². The lowest BCUT2D eigenvalue weighted by molar-refractivity contribution is -0.144. The van der Waals surface area contributed by atoms with Crippen molar-refractivity contribution in [1.82, 2.24) is 9.88 Å². The minimum absolute atomic E-state index is 0.228. The monoisotopic (exact) mass is 303 g/mol. The zero-order valence-electron chi connectivity index (χ0n) is 13.1. The van der Waals surface area contributed by atoms with Crippen molar-refractivity contribution in [2.24, 2.45) is 5.92 Å². The van der Waals surface area contributed by atoms with Crippen LogP contribution in [0.3, 0.4) is 0 Å². The molecule has 0 bridgehead atoms. The van der Waals surface area contributed by atoms with Gasteiger partial charge in [-0.15, -0.1) is 0 Å². The zero-order valence-corrected chi connectivity index (χ0v) is 13.1. The van der Waals surface area contributed by atoms with Crippen molar-refractivity contribution in [1.29, 1.82) is 0 Å². The molecular weight excluding hydrogens is 282 g/mol. The molecule has 2 rings (SSSR count). The summed E-state index contributed by atoms with van der Waals surface area (Å²) in [5.41, 5.74) is 1.78. The van der Waals surface area contributed by atoms with Crippen LogP contribution in [0.4, 0.5) is 10.5 Å². The molecule has 1 aromatic heterocycles. The zero-order chi connectivity index (χ0) is 16.1. The number of anilines is 1. The summed E-state index contributed by atoms with van der Waals surface area (Å²) in [4.78, 5) is 23.1. The Bertz CT molecular complexity index is 678. The summed E-state index contributed by atoms with van der Waals surface area (Å²) in [6.07, 6.45) is 2.02. The number of fused-ring (bicyclic) bond motifs is 1. The van der Waals surface area contributed by atoms with Crippen LogP contribution in [-0.2, 0) is 16.1 Å². The summed E-state index contributed by atoms with van der Waals surface area (Å²) in [7, 11) is 1.33. The Balaban J connectivity index is 1.98. The largest absolute Gasteiger partial charge is 0.469 e. The van der Waals surface area contributed by atoms with Crippen molar-refractivity contribution < 1.29 is 14.3 Å². The highest BCUT2D eigenvalue weighted by molar-refractivity contribution is 5.93. The maximum absolute atomic E-state index is 11.9. The Kier molecular flexibility index (Phi) is 5.04. The molecule has 1 aromatic carbocycles. The summed E-state index contributed by atoms with van der Waals surface area (Å²) in [5.74, 6) is -0.724. The number of hydrogen-bond acceptors (Lipinski definition) is 3. The number of methoxy groups -OCH3 is 1. The average molecular weight is 303 g/mol. The predicted octanol–water partition coefficient (Wildman–Crippen LogP) is 2.59. The Hall–Kier alpha value is -2.50. The molecule has 1 atom stereocenters. The number of nitrogens with zero attached hydrogens (tertiary/aromatic N) is 1. The van der Waals surface area contributed by atoms with E-state index in [-0.39, 0.29) is 24.5 Å². The lowest BCUT2D eigenvalue weighted by atomic mass is 10.2. The molecule has 6 heteroatoms. The van der Waals surface area contributed by atoms with E-state index in [0.29, 0.717) is 5.69 Å². The standard InChI is InChI=1S/C16H21N3O3/c1-4-19-8-7-12-5-6-13(9-14(12)19)18-16(21)17-10-11(2)15(20)22-3/h5-9,11H,4,10H2,1-3H3,(H2,17,18,21)/t11-/m1/s1. The highest BCUT2D eigenvalue weighted by Crippen LogP contribution is 2.20. The van der Waals surface area contributed by atoms with Gasteiger partial charge >= 0.3 is 12.0 Å². The molecule has 22 heavy (non-hydrogen) atoms. The maximum atomic E-state index is 11.9. The Morgan fingerprint density at radius 2 is 2.09 bits per heavy atom. The van der Waals surface area contributed by atoms with Gasteiger partial charge in [0.15, 0.2) is 0 Å². The number of nitrogens with one attached hydrogen (secondary N) is 2. The van der Waals surface area contributed by atoms with E-state index < -0.39 is 0 Å². The summed E-state index contributed by atoms with van der Waals surface area (Å²) in [6, 6.07) is 7.45. The van der Waals surface area contributed by atoms with Gasteiger partial charge in [-0.05, 0) is 30.5 Å². The number of hydrogen-bond donors (Lipinski definition) is 2. The Labute approximate surface area is 129 Å². The number of carbonyl (C=O) groups is 2. The van der Waals surface area contributed by atoms with Gasteiger partial charge in [0, 0.05) is 25.0 Å². The van der Waals surface area contributed by atoms with Crippen molar-refractivity contribution in [3.8, 4) is 0 Å². The molecule has 2 aromatic rings. The molecule has 0 saturated carbocycles. The molecule has 2 amide bonds. The third-order valence-electron chi connectivity index (χ3n) is 3.54. The van der Waals surface area contributed by atoms with Crippen molar-refractivity contribution in [2.45, 2.75) is 20.4 Å². The summed E-state index contributed by atoms with van der Waals surface area (Å²) >= 11 is 0. The second-order valence-corrected chi connectivity index (χ2v) is 5.13. The average Bonchev–Trinajstić information content (AvgIpc) is 2.94. The van der Waals surface area contributed by atoms with Crippen LogP contribution in [0.15, 0.2) is 30.5 Å². The van der Waals surface area contributed by atoms with E-state index in [1.165, 1.54) is 7.11 Å². The van der Waals surface area contributed by atoms with Crippen LogP contribution in [0, 0.1) is 5.92 Å². The smallest absolute Gasteiger partial charge is 0.319 e. The number of aryl methyl sites for hydroxylation is 1. The topological polar surface area (TPSA) is 72.4 Å². The Morgan fingerprint density at radius 1 is 1.32 bits per heavy atom. The number of benzene rings is 1. The van der Waals surface area contributed by atoms with Crippen LogP contribution in [0.2, 0.25) is 0 Å². The molecule has 0 saturated heterocycles. The van der Waals surface area contributed by atoms with Gasteiger partial charge in [0.1, 0.15) is 0 Å². The third kappa shape index (κ3) is 3.58. The van der Waals surface area contributed by atoms with E-state index in [0.717, 1.165) is 17.4 Å². The first-order valence-electron chi connectivity index (χ1n) is 7.26. The number of amides is 2. The second-order valence-electron chi connectivity index (χ2n) is 5.13. The second kappa shape index (κ2) is 6.98. The molecule has 0 aliphatic carbocycles. The summed E-state index contributed by atoms with van der Waals surface area (Å²) < 4.78 is 6.72. The molecule has 0 aliphatic heterocycles. The van der Waals surface area contributed by atoms with Crippen LogP contribution in [0.5, 0.6) is 0 Å². The third-order valence-corrected chi connectivity index (χ3v) is 3.54. The van der Waals surface area contributed by atoms with Crippen molar-refractivity contribution in [3.05, 3.63) is 30.5 Å². The minimum atomic E-state index is -0.379. The van der Waals surface area contributed by atoms with Gasteiger partial charge in [0.05, 0.1) is 18.5 Å². The SMILES string of the molecule is CCn1ccc2ccc(NC(=O)NC[C@@H](C)C(=O)OC)cc21. The minimum Gasteiger partial charge on any atom is -0.469 e. The predicted molar refractivity (Wildman–Crippen MR) is 85.8 cm³/mol. The van der Waals surface area contributed by atoms with Gasteiger partial charge in [-0.2, -0.15) is 0 Å². The van der Waals surface area contributed by atoms with Crippen LogP contribution < -0.4 is 10.6 Å². The van der Waals surface area contributed by atoms with E-state index in [9.17, 15) is 9.59 Å². The first kappa shape index (κ1) is 15.9. The van der Waals surface area contributed by atoms with Gasteiger partial charge in [-0.25, -0.2) is 4.79 Å². The molecule has 0 fully saturated rings. The quantitative estimate of drug-likeness (QED) is 0.834. The summed E-state index contributed by atoms with van der Waals surface area (Å²) in [5, 5.41) is 6.56. The molecule has 0 radical (unpaired) electrons.